The molecule has 24 heavy (non-hydrogen) atoms. The molecule has 6 nitrogen and oxygen atoms in total. The number of esters is 1. The molecule has 0 fully saturated rings. The molecular formula is C18H26N2O4. The maximum atomic E-state index is 12.1. The van der Waals surface area contributed by atoms with Crippen molar-refractivity contribution in [2.75, 3.05) is 13.6 Å². The summed E-state index contributed by atoms with van der Waals surface area (Å²) in [7, 11) is 1.71. The summed E-state index contributed by atoms with van der Waals surface area (Å²) >= 11 is 0. The number of benzene rings is 1. The zero-order chi connectivity index (χ0) is 17.9. The van der Waals surface area contributed by atoms with Crippen LogP contribution in [0.4, 0.5) is 0 Å². The highest BCUT2D eigenvalue weighted by Gasteiger charge is 2.23. The van der Waals surface area contributed by atoms with E-state index in [0.717, 1.165) is 10.9 Å². The summed E-state index contributed by atoms with van der Waals surface area (Å²) in [6.45, 7) is 5.78. The zero-order valence-corrected chi connectivity index (χ0v) is 14.6. The number of aromatic nitrogens is 1. The fourth-order valence-corrected chi connectivity index (χ4v) is 2.68. The molecule has 0 aliphatic heterocycles. The highest BCUT2D eigenvalue weighted by molar-refractivity contribution is 5.85. The number of nitrogens with zero attached hydrogens (tertiary/aromatic N) is 1. The number of para-hydroxylation sites is 1. The van der Waals surface area contributed by atoms with Crippen molar-refractivity contribution in [1.82, 2.24) is 9.88 Å². The normalized spacial score (nSPS) is 14.6. The fraction of sp³-hybridized carbons (Fsp3) is 0.500. The summed E-state index contributed by atoms with van der Waals surface area (Å²) in [6.07, 6.45) is -0.268. The second-order valence-corrected chi connectivity index (χ2v) is 6.89. The van der Waals surface area contributed by atoms with Gasteiger partial charge in [0, 0.05) is 29.2 Å². The average molecular weight is 334 g/mol. The molecule has 0 amide bonds. The third kappa shape index (κ3) is 4.35. The lowest BCUT2D eigenvalue weighted by Gasteiger charge is -2.19. The van der Waals surface area contributed by atoms with Gasteiger partial charge in [0.1, 0.15) is 18.2 Å². The summed E-state index contributed by atoms with van der Waals surface area (Å²) < 4.78 is 7.11. The van der Waals surface area contributed by atoms with Crippen molar-refractivity contribution in [3.63, 3.8) is 0 Å². The van der Waals surface area contributed by atoms with Crippen LogP contribution in [0.15, 0.2) is 30.5 Å². The molecule has 2 rings (SSSR count). The van der Waals surface area contributed by atoms with E-state index in [-0.39, 0.29) is 19.1 Å². The highest BCUT2D eigenvalue weighted by atomic mass is 16.6. The Kier molecular flexibility index (Phi) is 5.64. The molecule has 0 saturated heterocycles. The van der Waals surface area contributed by atoms with Gasteiger partial charge in [-0.2, -0.15) is 0 Å². The van der Waals surface area contributed by atoms with Crippen LogP contribution in [0.25, 0.3) is 10.9 Å². The molecule has 0 aliphatic carbocycles. The summed E-state index contributed by atoms with van der Waals surface area (Å²) in [5, 5.41) is 24.1. The molecule has 0 aliphatic rings. The summed E-state index contributed by atoms with van der Waals surface area (Å²) in [5.41, 5.74) is 0.858. The number of likely N-dealkylation sites (N-methyl/N-ethyl adjacent to an activating group) is 1. The molecule has 6 heteroatoms. The summed E-state index contributed by atoms with van der Waals surface area (Å²) in [6, 6.07) is 7.47. The van der Waals surface area contributed by atoms with Gasteiger partial charge in [-0.3, -0.25) is 4.79 Å². The molecule has 1 aromatic heterocycles. The van der Waals surface area contributed by atoms with E-state index in [1.54, 1.807) is 17.8 Å². The van der Waals surface area contributed by atoms with Gasteiger partial charge >= 0.3 is 5.97 Å². The average Bonchev–Trinajstić information content (AvgIpc) is 2.84. The van der Waals surface area contributed by atoms with Gasteiger partial charge in [-0.05, 0) is 33.9 Å². The van der Waals surface area contributed by atoms with Crippen LogP contribution in [0.2, 0.25) is 0 Å². The Labute approximate surface area is 142 Å². The Morgan fingerprint density at radius 3 is 2.58 bits per heavy atom. The Morgan fingerprint density at radius 2 is 1.96 bits per heavy atom. The minimum absolute atomic E-state index is 0.0482. The van der Waals surface area contributed by atoms with E-state index >= 15 is 0 Å². The predicted octanol–water partition coefficient (Wildman–Crippen LogP) is 1.60. The van der Waals surface area contributed by atoms with E-state index in [2.05, 4.69) is 5.32 Å². The van der Waals surface area contributed by atoms with Crippen LogP contribution in [0.1, 0.15) is 32.4 Å². The van der Waals surface area contributed by atoms with Gasteiger partial charge in [0.25, 0.3) is 0 Å². The first-order valence-corrected chi connectivity index (χ1v) is 8.03. The van der Waals surface area contributed by atoms with Crippen LogP contribution in [0.5, 0.6) is 0 Å². The largest absolute Gasteiger partial charge is 0.459 e. The van der Waals surface area contributed by atoms with E-state index in [0.29, 0.717) is 5.56 Å². The number of hydrogen-bond acceptors (Lipinski definition) is 5. The first kappa shape index (κ1) is 18.4. The number of aliphatic hydroxyl groups excluding tert-OH is 2. The standard InChI is InChI=1S/C18H26N2O4/c1-18(2,3)24-16(22)11-20-10-13(17(23)15(21)9-19-4)12-7-5-6-8-14(12)20/h5-8,10,15,17,19,21,23H,9,11H2,1-4H3. The number of hydrogen-bond donors (Lipinski definition) is 3. The number of aliphatic hydroxyl groups is 2. The highest BCUT2D eigenvalue weighted by Crippen LogP contribution is 2.28. The lowest BCUT2D eigenvalue weighted by Crippen LogP contribution is -2.29. The number of carbonyl (C=O) groups excluding carboxylic acids is 1. The van der Waals surface area contributed by atoms with Gasteiger partial charge in [-0.15, -0.1) is 0 Å². The van der Waals surface area contributed by atoms with Crippen LogP contribution in [-0.4, -0.2) is 46.0 Å². The number of fused-ring (bicyclic) bond motifs is 1. The van der Waals surface area contributed by atoms with Crippen LogP contribution in [0.3, 0.4) is 0 Å². The molecular weight excluding hydrogens is 308 g/mol. The number of nitrogens with one attached hydrogen (secondary N) is 1. The Bertz CT molecular complexity index is 703. The van der Waals surface area contributed by atoms with Crippen molar-refractivity contribution < 1.29 is 19.7 Å². The quantitative estimate of drug-likeness (QED) is 0.699. The number of rotatable bonds is 6. The number of carbonyl (C=O) groups is 1. The molecule has 3 N–H and O–H groups in total. The van der Waals surface area contributed by atoms with E-state index in [1.807, 2.05) is 45.0 Å². The molecule has 0 bridgehead atoms. The Morgan fingerprint density at radius 1 is 1.29 bits per heavy atom. The van der Waals surface area contributed by atoms with Crippen molar-refractivity contribution in [3.8, 4) is 0 Å². The van der Waals surface area contributed by atoms with Crippen molar-refractivity contribution in [2.24, 2.45) is 0 Å². The van der Waals surface area contributed by atoms with Crippen molar-refractivity contribution in [3.05, 3.63) is 36.0 Å². The van der Waals surface area contributed by atoms with E-state index in [9.17, 15) is 15.0 Å². The maximum absolute atomic E-state index is 12.1. The summed E-state index contributed by atoms with van der Waals surface area (Å²) in [5.74, 6) is -0.347. The smallest absolute Gasteiger partial charge is 0.326 e. The van der Waals surface area contributed by atoms with Crippen LogP contribution >= 0.6 is 0 Å². The zero-order valence-electron chi connectivity index (χ0n) is 14.6. The van der Waals surface area contributed by atoms with Crippen LogP contribution < -0.4 is 5.32 Å². The second kappa shape index (κ2) is 7.34. The molecule has 0 radical (unpaired) electrons. The first-order valence-electron chi connectivity index (χ1n) is 8.03. The van der Waals surface area contributed by atoms with Gasteiger partial charge < -0.3 is 24.8 Å². The molecule has 0 spiro atoms. The third-order valence-electron chi connectivity index (χ3n) is 3.64. The third-order valence-corrected chi connectivity index (χ3v) is 3.64. The molecule has 2 unspecified atom stereocenters. The summed E-state index contributed by atoms with van der Waals surface area (Å²) in [4.78, 5) is 12.1. The minimum Gasteiger partial charge on any atom is -0.459 e. The van der Waals surface area contributed by atoms with E-state index in [4.69, 9.17) is 4.74 Å². The van der Waals surface area contributed by atoms with Crippen molar-refractivity contribution in [1.29, 1.82) is 0 Å². The molecule has 2 atom stereocenters. The van der Waals surface area contributed by atoms with Crippen LogP contribution in [0, 0.1) is 0 Å². The minimum atomic E-state index is -1.04. The monoisotopic (exact) mass is 334 g/mol. The second-order valence-electron chi connectivity index (χ2n) is 6.89. The molecule has 0 saturated carbocycles. The topological polar surface area (TPSA) is 83.7 Å². The van der Waals surface area contributed by atoms with E-state index in [1.165, 1.54) is 0 Å². The van der Waals surface area contributed by atoms with E-state index < -0.39 is 17.8 Å². The molecule has 1 aromatic carbocycles. The van der Waals surface area contributed by atoms with Gasteiger partial charge in [0.2, 0.25) is 0 Å². The van der Waals surface area contributed by atoms with Gasteiger partial charge in [-0.1, -0.05) is 18.2 Å². The maximum Gasteiger partial charge on any atom is 0.326 e. The lowest BCUT2D eigenvalue weighted by atomic mass is 10.0. The Hall–Kier alpha value is -1.89. The van der Waals surface area contributed by atoms with Crippen molar-refractivity contribution in [2.45, 2.75) is 45.1 Å². The molecule has 132 valence electrons. The first-order chi connectivity index (χ1) is 11.2. The van der Waals surface area contributed by atoms with Gasteiger partial charge in [-0.25, -0.2) is 0 Å². The van der Waals surface area contributed by atoms with Crippen LogP contribution in [-0.2, 0) is 16.1 Å². The molecule has 2 aromatic rings. The van der Waals surface area contributed by atoms with Gasteiger partial charge in [0.05, 0.1) is 6.10 Å². The molecule has 1 heterocycles. The SMILES string of the molecule is CNCC(O)C(O)c1cn(CC(=O)OC(C)(C)C)c2ccccc12. The Balaban J connectivity index is 2.33. The number of ether oxygens (including phenoxy) is 1. The van der Waals surface area contributed by atoms with Gasteiger partial charge in [0.15, 0.2) is 0 Å². The predicted molar refractivity (Wildman–Crippen MR) is 92.7 cm³/mol. The van der Waals surface area contributed by atoms with Crippen molar-refractivity contribution >= 4 is 16.9 Å². The lowest BCUT2D eigenvalue weighted by molar-refractivity contribution is -0.155. The fourth-order valence-electron chi connectivity index (χ4n) is 2.68.